The molecule has 0 aromatic rings. The zero-order valence-corrected chi connectivity index (χ0v) is 13.2. The Kier molecular flexibility index (Phi) is 5.05. The molecule has 3 atom stereocenters. The summed E-state index contributed by atoms with van der Waals surface area (Å²) >= 11 is 0. The summed E-state index contributed by atoms with van der Waals surface area (Å²) in [5.74, 6) is -1.42. The molecular formula is C15H25N3O4. The second kappa shape index (κ2) is 6.64. The van der Waals surface area contributed by atoms with Crippen molar-refractivity contribution in [1.82, 2.24) is 9.80 Å². The number of carboxylic acids is 1. The molecule has 2 fully saturated rings. The van der Waals surface area contributed by atoms with E-state index in [1.165, 1.54) is 4.90 Å². The van der Waals surface area contributed by atoms with Gasteiger partial charge in [0.05, 0.1) is 6.04 Å². The lowest BCUT2D eigenvalue weighted by atomic mass is 10.0. The molecule has 0 radical (unpaired) electrons. The maximum atomic E-state index is 12.7. The first-order chi connectivity index (χ1) is 10.3. The highest BCUT2D eigenvalue weighted by Crippen LogP contribution is 2.25. The first-order valence-electron chi connectivity index (χ1n) is 7.94. The van der Waals surface area contributed by atoms with Crippen molar-refractivity contribution in [3.05, 3.63) is 0 Å². The van der Waals surface area contributed by atoms with Gasteiger partial charge in [0.1, 0.15) is 12.1 Å². The summed E-state index contributed by atoms with van der Waals surface area (Å²) in [6, 6.07) is -1.94. The van der Waals surface area contributed by atoms with Gasteiger partial charge in [0.2, 0.25) is 11.8 Å². The van der Waals surface area contributed by atoms with E-state index in [1.54, 1.807) is 4.90 Å². The van der Waals surface area contributed by atoms with E-state index >= 15 is 0 Å². The van der Waals surface area contributed by atoms with Crippen molar-refractivity contribution in [1.29, 1.82) is 0 Å². The van der Waals surface area contributed by atoms with Crippen LogP contribution < -0.4 is 5.73 Å². The maximum absolute atomic E-state index is 12.7. The smallest absolute Gasteiger partial charge is 0.326 e. The molecule has 0 aromatic carbocycles. The van der Waals surface area contributed by atoms with E-state index in [4.69, 9.17) is 5.73 Å². The van der Waals surface area contributed by atoms with Gasteiger partial charge in [0.15, 0.2) is 0 Å². The fraction of sp³-hybridized carbons (Fsp3) is 0.800. The van der Waals surface area contributed by atoms with Crippen molar-refractivity contribution in [2.45, 2.75) is 57.7 Å². The number of aliphatic carboxylic acids is 1. The third kappa shape index (κ3) is 3.09. The lowest BCUT2D eigenvalue weighted by Crippen LogP contribution is -2.54. The molecular weight excluding hydrogens is 286 g/mol. The summed E-state index contributed by atoms with van der Waals surface area (Å²) in [4.78, 5) is 39.4. The predicted octanol–water partition coefficient (Wildman–Crippen LogP) is 0.0363. The first kappa shape index (κ1) is 16.7. The molecule has 0 spiro atoms. The Labute approximate surface area is 130 Å². The summed E-state index contributed by atoms with van der Waals surface area (Å²) in [6.45, 7) is 4.71. The molecule has 2 rings (SSSR count). The molecule has 2 aliphatic heterocycles. The molecule has 124 valence electrons. The van der Waals surface area contributed by atoms with Gasteiger partial charge in [-0.25, -0.2) is 4.79 Å². The molecule has 0 unspecified atom stereocenters. The van der Waals surface area contributed by atoms with Crippen molar-refractivity contribution in [2.24, 2.45) is 11.7 Å². The second-order valence-electron chi connectivity index (χ2n) is 6.49. The molecule has 7 nitrogen and oxygen atoms in total. The predicted molar refractivity (Wildman–Crippen MR) is 79.9 cm³/mol. The second-order valence-corrected chi connectivity index (χ2v) is 6.49. The van der Waals surface area contributed by atoms with E-state index in [0.717, 1.165) is 6.42 Å². The van der Waals surface area contributed by atoms with Crippen LogP contribution in [-0.4, -0.2) is 63.9 Å². The van der Waals surface area contributed by atoms with E-state index in [2.05, 4.69) is 0 Å². The number of nitrogens with two attached hydrogens (primary N) is 1. The highest BCUT2D eigenvalue weighted by Gasteiger charge is 2.43. The Morgan fingerprint density at radius 3 is 2.14 bits per heavy atom. The number of nitrogens with zero attached hydrogens (tertiary/aromatic N) is 2. The van der Waals surface area contributed by atoms with Crippen molar-refractivity contribution in [3.63, 3.8) is 0 Å². The summed E-state index contributed by atoms with van der Waals surface area (Å²) in [5.41, 5.74) is 5.92. The molecule has 0 aliphatic carbocycles. The number of hydrogen-bond acceptors (Lipinski definition) is 4. The zero-order valence-electron chi connectivity index (χ0n) is 13.2. The van der Waals surface area contributed by atoms with Gasteiger partial charge in [-0.05, 0) is 31.6 Å². The Morgan fingerprint density at radius 2 is 1.59 bits per heavy atom. The van der Waals surface area contributed by atoms with E-state index in [0.29, 0.717) is 32.4 Å². The van der Waals surface area contributed by atoms with Crippen LogP contribution in [0, 0.1) is 5.92 Å². The molecule has 7 heteroatoms. The van der Waals surface area contributed by atoms with Gasteiger partial charge in [-0.2, -0.15) is 0 Å². The highest BCUT2D eigenvalue weighted by atomic mass is 16.4. The Bertz CT molecular complexity index is 466. The normalized spacial score (nSPS) is 26.5. The van der Waals surface area contributed by atoms with Crippen molar-refractivity contribution < 1.29 is 19.5 Å². The van der Waals surface area contributed by atoms with Crippen molar-refractivity contribution >= 4 is 17.8 Å². The van der Waals surface area contributed by atoms with Gasteiger partial charge < -0.3 is 20.6 Å². The number of rotatable bonds is 4. The number of amides is 2. The summed E-state index contributed by atoms with van der Waals surface area (Å²) in [5, 5.41) is 9.22. The van der Waals surface area contributed by atoms with Crippen LogP contribution in [0.4, 0.5) is 0 Å². The van der Waals surface area contributed by atoms with Gasteiger partial charge in [0.25, 0.3) is 0 Å². The lowest BCUT2D eigenvalue weighted by Gasteiger charge is -2.32. The fourth-order valence-electron chi connectivity index (χ4n) is 3.24. The molecule has 2 saturated heterocycles. The monoisotopic (exact) mass is 311 g/mol. The van der Waals surface area contributed by atoms with Gasteiger partial charge in [-0.15, -0.1) is 0 Å². The average Bonchev–Trinajstić information content (AvgIpc) is 3.13. The molecule has 22 heavy (non-hydrogen) atoms. The lowest BCUT2D eigenvalue weighted by molar-refractivity contribution is -0.152. The quantitative estimate of drug-likeness (QED) is 0.762. The fourth-order valence-corrected chi connectivity index (χ4v) is 3.24. The van der Waals surface area contributed by atoms with Crippen LogP contribution in [0.2, 0.25) is 0 Å². The van der Waals surface area contributed by atoms with Crippen LogP contribution in [0.1, 0.15) is 39.5 Å². The highest BCUT2D eigenvalue weighted by molar-refractivity contribution is 5.92. The maximum Gasteiger partial charge on any atom is 0.326 e. The van der Waals surface area contributed by atoms with Crippen LogP contribution in [-0.2, 0) is 14.4 Å². The number of carbonyl (C=O) groups is 3. The van der Waals surface area contributed by atoms with Crippen LogP contribution >= 0.6 is 0 Å². The van der Waals surface area contributed by atoms with Gasteiger partial charge in [-0.3, -0.25) is 9.59 Å². The molecule has 2 amide bonds. The third-order valence-electron chi connectivity index (χ3n) is 4.65. The van der Waals surface area contributed by atoms with Crippen LogP contribution in [0.25, 0.3) is 0 Å². The summed E-state index contributed by atoms with van der Waals surface area (Å²) in [6.07, 6.45) is 2.50. The summed E-state index contributed by atoms with van der Waals surface area (Å²) < 4.78 is 0. The van der Waals surface area contributed by atoms with Crippen molar-refractivity contribution in [3.8, 4) is 0 Å². The van der Waals surface area contributed by atoms with Crippen LogP contribution in [0.3, 0.4) is 0 Å². The molecule has 0 aromatic heterocycles. The molecule has 3 N–H and O–H groups in total. The molecule has 0 saturated carbocycles. The average molecular weight is 311 g/mol. The van der Waals surface area contributed by atoms with E-state index in [-0.39, 0.29) is 17.7 Å². The number of likely N-dealkylation sites (tertiary alicyclic amines) is 2. The van der Waals surface area contributed by atoms with Gasteiger partial charge in [0, 0.05) is 13.1 Å². The summed E-state index contributed by atoms with van der Waals surface area (Å²) in [7, 11) is 0. The third-order valence-corrected chi connectivity index (χ3v) is 4.65. The molecule has 2 aliphatic rings. The standard InChI is InChI=1S/C15H25N3O4/c1-9(2)12(16)14(20)17-7-3-5-10(17)13(19)18-8-4-6-11(18)15(21)22/h9-12H,3-8,16H2,1-2H3,(H,21,22)/t10-,11+,12+/m1/s1. The minimum Gasteiger partial charge on any atom is -0.480 e. The molecule has 2 heterocycles. The van der Waals surface area contributed by atoms with E-state index in [1.807, 2.05) is 13.8 Å². The topological polar surface area (TPSA) is 104 Å². The number of carbonyl (C=O) groups excluding carboxylic acids is 2. The van der Waals surface area contributed by atoms with Crippen LogP contribution in [0.5, 0.6) is 0 Å². The minimum atomic E-state index is -0.972. The largest absolute Gasteiger partial charge is 0.480 e. The van der Waals surface area contributed by atoms with Gasteiger partial charge >= 0.3 is 5.97 Å². The van der Waals surface area contributed by atoms with Crippen LogP contribution in [0.15, 0.2) is 0 Å². The van der Waals surface area contributed by atoms with E-state index in [9.17, 15) is 19.5 Å². The number of carboxylic acid groups (broad SMARTS) is 1. The van der Waals surface area contributed by atoms with Gasteiger partial charge in [-0.1, -0.05) is 13.8 Å². The Hall–Kier alpha value is -1.63. The Morgan fingerprint density at radius 1 is 1.05 bits per heavy atom. The van der Waals surface area contributed by atoms with E-state index < -0.39 is 24.1 Å². The zero-order chi connectivity index (χ0) is 16.4. The SMILES string of the molecule is CC(C)[C@H](N)C(=O)N1CCC[C@@H]1C(=O)N1CCC[C@H]1C(=O)O. The Balaban J connectivity index is 2.11. The molecule has 0 bridgehead atoms. The number of hydrogen-bond donors (Lipinski definition) is 2. The first-order valence-corrected chi connectivity index (χ1v) is 7.94. The minimum absolute atomic E-state index is 0.00223. The van der Waals surface area contributed by atoms with Crippen molar-refractivity contribution in [2.75, 3.05) is 13.1 Å².